The van der Waals surface area contributed by atoms with Gasteiger partial charge in [-0.1, -0.05) is 24.5 Å². The molecule has 3 rings (SSSR count). The number of benzene rings is 1. The Balaban J connectivity index is 1.58. The first-order valence-corrected chi connectivity index (χ1v) is 10.9. The molecule has 0 saturated heterocycles. The first-order valence-electron chi connectivity index (χ1n) is 10.0. The molecule has 1 fully saturated rings. The van der Waals surface area contributed by atoms with Crippen LogP contribution in [0.4, 0.5) is 15.6 Å². The van der Waals surface area contributed by atoms with Crippen molar-refractivity contribution >= 4 is 39.9 Å². The Morgan fingerprint density at radius 1 is 1.20 bits per heavy atom. The van der Waals surface area contributed by atoms with Gasteiger partial charge in [0.05, 0.1) is 17.9 Å². The summed E-state index contributed by atoms with van der Waals surface area (Å²) in [6.45, 7) is 2.31. The summed E-state index contributed by atoms with van der Waals surface area (Å²) in [5, 5.41) is 19.2. The Hall–Kier alpha value is -2.78. The molecule has 1 saturated carbocycles. The van der Waals surface area contributed by atoms with Crippen molar-refractivity contribution in [2.24, 2.45) is 5.92 Å². The number of anilines is 2. The molecular formula is C21H26N4O4S. The minimum Gasteiger partial charge on any atom is -0.480 e. The predicted molar refractivity (Wildman–Crippen MR) is 116 cm³/mol. The minimum atomic E-state index is -0.908. The molecule has 8 nitrogen and oxygen atoms in total. The molecular weight excluding hydrogens is 404 g/mol. The Bertz CT molecular complexity index is 921. The van der Waals surface area contributed by atoms with Gasteiger partial charge in [-0.05, 0) is 31.9 Å². The van der Waals surface area contributed by atoms with Gasteiger partial charge in [0.2, 0.25) is 0 Å². The van der Waals surface area contributed by atoms with E-state index in [0.717, 1.165) is 36.9 Å². The van der Waals surface area contributed by atoms with E-state index in [1.165, 1.54) is 11.3 Å². The predicted octanol–water partition coefficient (Wildman–Crippen LogP) is 3.69. The molecule has 0 bridgehead atoms. The van der Waals surface area contributed by atoms with Crippen LogP contribution in [0.25, 0.3) is 0 Å². The van der Waals surface area contributed by atoms with Gasteiger partial charge in [0, 0.05) is 29.8 Å². The van der Waals surface area contributed by atoms with Crippen LogP contribution in [0, 0.1) is 12.8 Å². The average Bonchev–Trinajstić information content (AvgIpc) is 3.38. The number of nitrogens with zero attached hydrogens (tertiary/aromatic N) is 1. The zero-order valence-electron chi connectivity index (χ0n) is 16.9. The Morgan fingerprint density at radius 2 is 1.97 bits per heavy atom. The van der Waals surface area contributed by atoms with Crippen LogP contribution in [0.2, 0.25) is 0 Å². The summed E-state index contributed by atoms with van der Waals surface area (Å²) in [5.41, 5.74) is 2.80. The summed E-state index contributed by atoms with van der Waals surface area (Å²) in [5.74, 6) is -0.780. The van der Waals surface area contributed by atoms with Crippen molar-refractivity contribution in [3.63, 3.8) is 0 Å². The maximum absolute atomic E-state index is 12.9. The number of ketones is 1. The molecule has 2 amide bonds. The monoisotopic (exact) mass is 430 g/mol. The van der Waals surface area contributed by atoms with Crippen LogP contribution in [0.15, 0.2) is 23.6 Å². The Labute approximate surface area is 179 Å². The molecule has 0 atom stereocenters. The van der Waals surface area contributed by atoms with E-state index >= 15 is 0 Å². The first-order chi connectivity index (χ1) is 14.4. The number of amides is 2. The smallest absolute Gasteiger partial charge is 0.325 e. The summed E-state index contributed by atoms with van der Waals surface area (Å²) >= 11 is 1.29. The summed E-state index contributed by atoms with van der Waals surface area (Å²) in [6.07, 6.45) is 4.52. The molecule has 1 aliphatic rings. The number of carboxylic acids is 1. The molecule has 9 heteroatoms. The average molecular weight is 431 g/mol. The van der Waals surface area contributed by atoms with Crippen LogP contribution in [-0.2, 0) is 11.2 Å². The highest BCUT2D eigenvalue weighted by Crippen LogP contribution is 2.31. The number of thiazole rings is 1. The number of urea groups is 1. The van der Waals surface area contributed by atoms with Gasteiger partial charge in [0.25, 0.3) is 0 Å². The van der Waals surface area contributed by atoms with Crippen LogP contribution < -0.4 is 16.0 Å². The molecule has 4 N–H and O–H groups in total. The third kappa shape index (κ3) is 6.11. The molecule has 160 valence electrons. The van der Waals surface area contributed by atoms with Crippen molar-refractivity contribution in [1.82, 2.24) is 10.3 Å². The lowest BCUT2D eigenvalue weighted by Gasteiger charge is -2.14. The lowest BCUT2D eigenvalue weighted by atomic mass is 9.94. The van der Waals surface area contributed by atoms with Gasteiger partial charge in [-0.25, -0.2) is 9.78 Å². The highest BCUT2D eigenvalue weighted by atomic mass is 32.1. The van der Waals surface area contributed by atoms with E-state index in [0.29, 0.717) is 29.3 Å². The Morgan fingerprint density at radius 3 is 2.70 bits per heavy atom. The number of carboxylic acid groups (broad SMARTS) is 1. The van der Waals surface area contributed by atoms with Crippen LogP contribution in [0.3, 0.4) is 0 Å². The van der Waals surface area contributed by atoms with Crippen molar-refractivity contribution in [3.05, 3.63) is 40.4 Å². The van der Waals surface area contributed by atoms with Crippen LogP contribution >= 0.6 is 11.3 Å². The number of aromatic nitrogens is 1. The van der Waals surface area contributed by atoms with Gasteiger partial charge >= 0.3 is 12.0 Å². The molecule has 1 aromatic heterocycles. The molecule has 0 aliphatic heterocycles. The molecule has 0 radical (unpaired) electrons. The van der Waals surface area contributed by atoms with Crippen LogP contribution in [-0.4, -0.2) is 41.0 Å². The first kappa shape index (κ1) is 21.9. The van der Waals surface area contributed by atoms with Crippen molar-refractivity contribution in [3.8, 4) is 0 Å². The number of hydrogen-bond acceptors (Lipinski definition) is 6. The van der Waals surface area contributed by atoms with Gasteiger partial charge in [-0.15, -0.1) is 11.3 Å². The molecule has 2 aromatic rings. The molecule has 1 aliphatic carbocycles. The Kier molecular flexibility index (Phi) is 7.53. The summed E-state index contributed by atoms with van der Waals surface area (Å²) in [7, 11) is 0. The van der Waals surface area contributed by atoms with E-state index in [4.69, 9.17) is 5.11 Å². The van der Waals surface area contributed by atoms with E-state index in [-0.39, 0.29) is 18.2 Å². The second-order valence-corrected chi connectivity index (χ2v) is 8.30. The van der Waals surface area contributed by atoms with Crippen LogP contribution in [0.5, 0.6) is 0 Å². The van der Waals surface area contributed by atoms with Gasteiger partial charge in [0.1, 0.15) is 0 Å². The second-order valence-electron chi connectivity index (χ2n) is 7.44. The molecule has 0 spiro atoms. The maximum Gasteiger partial charge on any atom is 0.325 e. The van der Waals surface area contributed by atoms with E-state index in [1.54, 1.807) is 6.07 Å². The topological polar surface area (TPSA) is 120 Å². The third-order valence-electron chi connectivity index (χ3n) is 5.02. The maximum atomic E-state index is 12.9. The highest BCUT2D eigenvalue weighted by molar-refractivity contribution is 7.13. The zero-order valence-corrected chi connectivity index (χ0v) is 17.7. The van der Waals surface area contributed by atoms with Crippen molar-refractivity contribution in [2.75, 3.05) is 23.7 Å². The van der Waals surface area contributed by atoms with E-state index in [1.807, 2.05) is 24.4 Å². The SMILES string of the molecule is Cc1ccc(NC(=O)Nc2nc(CCNCC(=O)O)cs2)c(C(=O)C2CCCC2)c1. The molecule has 1 aromatic carbocycles. The molecule has 0 unspecified atom stereocenters. The number of hydrogen-bond donors (Lipinski definition) is 4. The third-order valence-corrected chi connectivity index (χ3v) is 5.83. The van der Waals surface area contributed by atoms with Crippen molar-refractivity contribution < 1.29 is 19.5 Å². The summed E-state index contributed by atoms with van der Waals surface area (Å²) < 4.78 is 0. The van der Waals surface area contributed by atoms with E-state index in [2.05, 4.69) is 20.9 Å². The second kappa shape index (κ2) is 10.3. The fourth-order valence-electron chi connectivity index (χ4n) is 3.52. The fraction of sp³-hybridized carbons (Fsp3) is 0.429. The quantitative estimate of drug-likeness (QED) is 0.356. The summed E-state index contributed by atoms with van der Waals surface area (Å²) in [6, 6.07) is 5.01. The number of carbonyl (C=O) groups is 3. The number of aryl methyl sites for hydroxylation is 1. The minimum absolute atomic E-state index is 0.0340. The van der Waals surface area contributed by atoms with Gasteiger partial charge in [-0.2, -0.15) is 0 Å². The number of nitrogens with one attached hydrogen (secondary N) is 3. The largest absolute Gasteiger partial charge is 0.480 e. The number of aliphatic carboxylic acids is 1. The lowest BCUT2D eigenvalue weighted by molar-refractivity contribution is -0.135. The number of rotatable bonds is 9. The highest BCUT2D eigenvalue weighted by Gasteiger charge is 2.26. The van der Waals surface area contributed by atoms with Crippen LogP contribution in [0.1, 0.15) is 47.3 Å². The zero-order chi connectivity index (χ0) is 21.5. The van der Waals surface area contributed by atoms with Crippen molar-refractivity contribution in [2.45, 2.75) is 39.0 Å². The summed E-state index contributed by atoms with van der Waals surface area (Å²) in [4.78, 5) is 40.2. The van der Waals surface area contributed by atoms with E-state index in [9.17, 15) is 14.4 Å². The normalized spacial score (nSPS) is 13.9. The van der Waals surface area contributed by atoms with Crippen molar-refractivity contribution in [1.29, 1.82) is 0 Å². The molecule has 1 heterocycles. The molecule has 30 heavy (non-hydrogen) atoms. The number of Topliss-reactive ketones (excluding diaryl/α,β-unsaturated/α-hetero) is 1. The van der Waals surface area contributed by atoms with E-state index < -0.39 is 12.0 Å². The lowest BCUT2D eigenvalue weighted by Crippen LogP contribution is -2.24. The standard InChI is InChI=1S/C21H26N4O4S/c1-13-6-7-17(16(10-13)19(28)14-4-2-3-5-14)24-20(29)25-21-23-15(12-30-21)8-9-22-11-18(26)27/h6-7,10,12,14,22H,2-5,8-9,11H2,1H3,(H,26,27)(H2,23,24,25,29). The van der Waals surface area contributed by atoms with Gasteiger partial charge in [0.15, 0.2) is 10.9 Å². The van der Waals surface area contributed by atoms with Gasteiger partial charge < -0.3 is 15.7 Å². The number of carbonyl (C=O) groups excluding carboxylic acids is 2. The fourth-order valence-corrected chi connectivity index (χ4v) is 4.26. The van der Waals surface area contributed by atoms with Gasteiger partial charge in [-0.3, -0.25) is 14.9 Å².